The van der Waals surface area contributed by atoms with Crippen LogP contribution in [-0.4, -0.2) is 30.4 Å². The third kappa shape index (κ3) is 3.10. The van der Waals surface area contributed by atoms with Gasteiger partial charge in [-0.1, -0.05) is 6.07 Å². The van der Waals surface area contributed by atoms with Gasteiger partial charge in [-0.2, -0.15) is 0 Å². The number of aryl methyl sites for hydroxylation is 1. The topological polar surface area (TPSA) is 74.1 Å². The van der Waals surface area contributed by atoms with Crippen molar-refractivity contribution in [3.63, 3.8) is 0 Å². The van der Waals surface area contributed by atoms with Crippen molar-refractivity contribution in [2.75, 3.05) is 16.8 Å². The summed E-state index contributed by atoms with van der Waals surface area (Å²) < 4.78 is 14.4. The smallest absolute Gasteiger partial charge is 0.336 e. The number of nitrogens with one attached hydrogen (secondary N) is 1. The summed E-state index contributed by atoms with van der Waals surface area (Å²) in [6.45, 7) is 12.0. The van der Waals surface area contributed by atoms with Crippen LogP contribution in [0.15, 0.2) is 36.4 Å². The van der Waals surface area contributed by atoms with Crippen LogP contribution in [0.1, 0.15) is 29.8 Å². The van der Waals surface area contributed by atoms with Gasteiger partial charge in [0.05, 0.1) is 17.8 Å². The summed E-state index contributed by atoms with van der Waals surface area (Å²) in [5, 5.41) is 2.34. The average Bonchev–Trinajstić information content (AvgIpc) is 2.85. The van der Waals surface area contributed by atoms with E-state index >= 15 is 0 Å². The highest BCUT2D eigenvalue weighted by Crippen LogP contribution is 2.37. The summed E-state index contributed by atoms with van der Waals surface area (Å²) in [6, 6.07) is 7.80. The quantitative estimate of drug-likeness (QED) is 0.636. The van der Waals surface area contributed by atoms with E-state index in [1.165, 1.54) is 30.1 Å². The number of hydrogen-bond acceptors (Lipinski definition) is 3. The van der Waals surface area contributed by atoms with E-state index in [4.69, 9.17) is 6.57 Å². The lowest BCUT2D eigenvalue weighted by atomic mass is 10.0. The molecule has 7 nitrogen and oxygen atoms in total. The highest BCUT2D eigenvalue weighted by molar-refractivity contribution is 6.30. The Hall–Kier alpha value is -3.73. The molecule has 1 fully saturated rings. The van der Waals surface area contributed by atoms with Gasteiger partial charge in [0.2, 0.25) is 0 Å². The summed E-state index contributed by atoms with van der Waals surface area (Å²) in [5.41, 5.74) is 0.128. The average molecular weight is 394 g/mol. The van der Waals surface area contributed by atoms with Gasteiger partial charge >= 0.3 is 6.03 Å². The number of carbonyl (C=O) groups is 3. The van der Waals surface area contributed by atoms with Crippen molar-refractivity contribution in [2.24, 2.45) is 0 Å². The minimum absolute atomic E-state index is 0.158. The highest BCUT2D eigenvalue weighted by Gasteiger charge is 2.52. The molecule has 1 aliphatic rings. The monoisotopic (exact) mass is 394 g/mol. The summed E-state index contributed by atoms with van der Waals surface area (Å²) in [6.07, 6.45) is 0. The molecule has 3 rings (SSSR count). The molecule has 1 heterocycles. The molecule has 2 aromatic rings. The molecule has 148 valence electrons. The SMILES string of the molecule is [C-]#[N+]c1ccc(N2C(=O)N(c3ccc(C(=O)NC)c(F)c3)C(C)(C)C2=O)cc1C. The van der Waals surface area contributed by atoms with E-state index in [-0.39, 0.29) is 11.3 Å². The zero-order chi connectivity index (χ0) is 21.5. The summed E-state index contributed by atoms with van der Waals surface area (Å²) in [7, 11) is 1.39. The van der Waals surface area contributed by atoms with E-state index in [1.807, 2.05) is 0 Å². The van der Waals surface area contributed by atoms with Crippen LogP contribution in [0, 0.1) is 19.3 Å². The number of benzene rings is 2. The zero-order valence-electron chi connectivity index (χ0n) is 16.4. The number of nitrogens with zero attached hydrogens (tertiary/aromatic N) is 3. The van der Waals surface area contributed by atoms with Crippen molar-refractivity contribution in [3.05, 3.63) is 64.8 Å². The van der Waals surface area contributed by atoms with Crippen molar-refractivity contribution in [1.29, 1.82) is 0 Å². The van der Waals surface area contributed by atoms with Crippen molar-refractivity contribution < 1.29 is 18.8 Å². The number of halogens is 1. The summed E-state index contributed by atoms with van der Waals surface area (Å²) >= 11 is 0. The Balaban J connectivity index is 2.06. The predicted octanol–water partition coefficient (Wildman–Crippen LogP) is 3.80. The first-order valence-corrected chi connectivity index (χ1v) is 8.82. The van der Waals surface area contributed by atoms with E-state index in [2.05, 4.69) is 10.2 Å². The molecule has 1 saturated heterocycles. The standard InChI is InChI=1S/C21H19FN4O3/c1-12-10-13(7-9-17(12)23-4)25-19(28)21(2,3)26(20(25)29)14-6-8-15(16(22)11-14)18(27)24-5/h6-11H,1-3,5H3,(H,24,27). The number of hydrogen-bond donors (Lipinski definition) is 1. The Kier molecular flexibility index (Phi) is 4.84. The van der Waals surface area contributed by atoms with Crippen molar-refractivity contribution >= 4 is 34.9 Å². The van der Waals surface area contributed by atoms with Gasteiger partial charge in [-0.3, -0.25) is 14.5 Å². The molecule has 0 aliphatic carbocycles. The minimum Gasteiger partial charge on any atom is -0.355 e. The van der Waals surface area contributed by atoms with Crippen LogP contribution in [0.3, 0.4) is 0 Å². The number of rotatable bonds is 3. The number of anilines is 2. The van der Waals surface area contributed by atoms with Crippen LogP contribution in [0.4, 0.5) is 26.2 Å². The maximum atomic E-state index is 14.4. The first-order chi connectivity index (χ1) is 13.6. The van der Waals surface area contributed by atoms with Crippen molar-refractivity contribution in [3.8, 4) is 0 Å². The molecule has 0 aromatic heterocycles. The van der Waals surface area contributed by atoms with Crippen LogP contribution < -0.4 is 15.1 Å². The number of urea groups is 1. The van der Waals surface area contributed by atoms with E-state index < -0.39 is 29.2 Å². The van der Waals surface area contributed by atoms with Gasteiger partial charge < -0.3 is 5.32 Å². The second-order valence-electron chi connectivity index (χ2n) is 7.14. The molecule has 0 unspecified atom stereocenters. The summed E-state index contributed by atoms with van der Waals surface area (Å²) in [5.74, 6) is -1.86. The first kappa shape index (κ1) is 20.0. The fourth-order valence-corrected chi connectivity index (χ4v) is 3.32. The van der Waals surface area contributed by atoms with E-state index in [0.29, 0.717) is 16.9 Å². The largest absolute Gasteiger partial charge is 0.355 e. The van der Waals surface area contributed by atoms with Crippen LogP contribution >= 0.6 is 0 Å². The number of amides is 4. The van der Waals surface area contributed by atoms with Gasteiger partial charge in [0.25, 0.3) is 11.8 Å². The third-order valence-corrected chi connectivity index (χ3v) is 4.91. The minimum atomic E-state index is -1.27. The molecular formula is C21H19FN4O3. The summed E-state index contributed by atoms with van der Waals surface area (Å²) in [4.78, 5) is 43.5. The van der Waals surface area contributed by atoms with Gasteiger partial charge in [0, 0.05) is 12.7 Å². The maximum Gasteiger partial charge on any atom is 0.336 e. The lowest BCUT2D eigenvalue weighted by Crippen LogP contribution is -2.44. The molecule has 0 radical (unpaired) electrons. The van der Waals surface area contributed by atoms with Crippen molar-refractivity contribution in [1.82, 2.24) is 5.32 Å². The Morgan fingerprint density at radius 1 is 1.14 bits per heavy atom. The van der Waals surface area contributed by atoms with Gasteiger partial charge in [-0.05, 0) is 56.7 Å². The highest BCUT2D eigenvalue weighted by atomic mass is 19.1. The third-order valence-electron chi connectivity index (χ3n) is 4.91. The predicted molar refractivity (Wildman–Crippen MR) is 107 cm³/mol. The lowest BCUT2D eigenvalue weighted by molar-refractivity contribution is -0.120. The van der Waals surface area contributed by atoms with Crippen LogP contribution in [0.5, 0.6) is 0 Å². The van der Waals surface area contributed by atoms with Crippen LogP contribution in [0.2, 0.25) is 0 Å². The Morgan fingerprint density at radius 2 is 1.79 bits per heavy atom. The lowest BCUT2D eigenvalue weighted by Gasteiger charge is -2.27. The van der Waals surface area contributed by atoms with Gasteiger partial charge in [-0.15, -0.1) is 0 Å². The van der Waals surface area contributed by atoms with E-state index in [9.17, 15) is 18.8 Å². The number of carbonyl (C=O) groups excluding carboxylic acids is 3. The van der Waals surface area contributed by atoms with Gasteiger partial charge in [0.1, 0.15) is 11.4 Å². The van der Waals surface area contributed by atoms with E-state index in [0.717, 1.165) is 11.0 Å². The first-order valence-electron chi connectivity index (χ1n) is 8.82. The Bertz CT molecular complexity index is 1090. The maximum absolute atomic E-state index is 14.4. The van der Waals surface area contributed by atoms with Crippen LogP contribution in [0.25, 0.3) is 4.85 Å². The Morgan fingerprint density at radius 3 is 2.34 bits per heavy atom. The fourth-order valence-electron chi connectivity index (χ4n) is 3.32. The van der Waals surface area contributed by atoms with Crippen molar-refractivity contribution in [2.45, 2.75) is 26.3 Å². The molecule has 0 saturated carbocycles. The molecule has 0 bridgehead atoms. The zero-order valence-corrected chi connectivity index (χ0v) is 16.4. The molecule has 4 amide bonds. The molecule has 0 spiro atoms. The molecule has 0 atom stereocenters. The molecule has 1 N–H and O–H groups in total. The van der Waals surface area contributed by atoms with Crippen LogP contribution in [-0.2, 0) is 4.79 Å². The molecule has 1 aliphatic heterocycles. The molecule has 2 aromatic carbocycles. The second-order valence-corrected chi connectivity index (χ2v) is 7.14. The van der Waals surface area contributed by atoms with Gasteiger partial charge in [0.15, 0.2) is 5.69 Å². The Labute approximate surface area is 167 Å². The molecular weight excluding hydrogens is 375 g/mol. The normalized spacial score (nSPS) is 15.4. The second kappa shape index (κ2) is 7.02. The number of imide groups is 1. The van der Waals surface area contributed by atoms with E-state index in [1.54, 1.807) is 32.9 Å². The fraction of sp³-hybridized carbons (Fsp3) is 0.238. The molecule has 29 heavy (non-hydrogen) atoms. The van der Waals surface area contributed by atoms with Gasteiger partial charge in [-0.25, -0.2) is 18.9 Å². The molecule has 8 heteroatoms.